The van der Waals surface area contributed by atoms with Crippen LogP contribution in [-0.2, 0) is 6.42 Å². The average Bonchev–Trinajstić information content (AvgIpc) is 3.61. The number of aromatic nitrogens is 3. The van der Waals surface area contributed by atoms with Crippen molar-refractivity contribution < 1.29 is 0 Å². The quantitative estimate of drug-likeness (QED) is 0.225. The van der Waals surface area contributed by atoms with Gasteiger partial charge in [-0.3, -0.25) is 0 Å². The van der Waals surface area contributed by atoms with Crippen molar-refractivity contribution in [3.63, 3.8) is 0 Å². The van der Waals surface area contributed by atoms with Crippen LogP contribution in [0.1, 0.15) is 11.1 Å². The Labute approximate surface area is 243 Å². The van der Waals surface area contributed by atoms with E-state index in [2.05, 4.69) is 126 Å². The summed E-state index contributed by atoms with van der Waals surface area (Å²) in [5, 5.41) is 3.64. The zero-order chi connectivity index (χ0) is 27.6. The molecule has 0 saturated carbocycles. The molecule has 0 fully saturated rings. The Morgan fingerprint density at radius 2 is 1.24 bits per heavy atom. The highest BCUT2D eigenvalue weighted by Crippen LogP contribution is 2.44. The van der Waals surface area contributed by atoms with Crippen LogP contribution >= 0.6 is 0 Å². The summed E-state index contributed by atoms with van der Waals surface area (Å²) in [7, 11) is 0. The first-order valence-electron chi connectivity index (χ1n) is 14.4. The molecule has 6 aromatic carbocycles. The van der Waals surface area contributed by atoms with Gasteiger partial charge in [-0.25, -0.2) is 9.97 Å². The number of fused-ring (bicyclic) bond motifs is 8. The smallest absolute Gasteiger partial charge is 0.160 e. The van der Waals surface area contributed by atoms with Gasteiger partial charge in [0.2, 0.25) is 0 Å². The summed E-state index contributed by atoms with van der Waals surface area (Å²) in [5.74, 6) is 0.734. The van der Waals surface area contributed by atoms with Gasteiger partial charge in [0.25, 0.3) is 0 Å². The van der Waals surface area contributed by atoms with Gasteiger partial charge < -0.3 is 4.57 Å². The van der Waals surface area contributed by atoms with E-state index in [9.17, 15) is 0 Å². The van der Waals surface area contributed by atoms with Crippen molar-refractivity contribution in [1.29, 1.82) is 0 Å². The Hall–Kier alpha value is -5.54. The molecule has 0 spiro atoms. The van der Waals surface area contributed by atoms with E-state index in [-0.39, 0.29) is 0 Å². The number of benzene rings is 6. The minimum absolute atomic E-state index is 0.734. The molecular formula is C39H25N3. The molecule has 8 aromatic rings. The predicted octanol–water partition coefficient (Wildman–Crippen LogP) is 9.63. The van der Waals surface area contributed by atoms with Gasteiger partial charge in [-0.15, -0.1) is 0 Å². The van der Waals surface area contributed by atoms with E-state index >= 15 is 0 Å². The summed E-state index contributed by atoms with van der Waals surface area (Å²) < 4.78 is 2.44. The summed E-state index contributed by atoms with van der Waals surface area (Å²) in [6.07, 6.45) is 0.949. The maximum absolute atomic E-state index is 5.09. The summed E-state index contributed by atoms with van der Waals surface area (Å²) in [6.45, 7) is 0. The van der Waals surface area contributed by atoms with Crippen molar-refractivity contribution in [2.24, 2.45) is 0 Å². The summed E-state index contributed by atoms with van der Waals surface area (Å²) in [4.78, 5) is 10.1. The van der Waals surface area contributed by atoms with Crippen LogP contribution in [0.3, 0.4) is 0 Å². The second-order valence-corrected chi connectivity index (χ2v) is 11.0. The van der Waals surface area contributed by atoms with Crippen LogP contribution in [0.2, 0.25) is 0 Å². The Bertz CT molecular complexity index is 2310. The molecule has 0 atom stereocenters. The van der Waals surface area contributed by atoms with Gasteiger partial charge in [-0.2, -0.15) is 0 Å². The lowest BCUT2D eigenvalue weighted by Crippen LogP contribution is -1.98. The van der Waals surface area contributed by atoms with E-state index in [0.717, 1.165) is 45.7 Å². The zero-order valence-electron chi connectivity index (χ0n) is 22.8. The fraction of sp³-hybridized carbons (Fsp3) is 0.0256. The van der Waals surface area contributed by atoms with Gasteiger partial charge in [0.05, 0.1) is 22.2 Å². The van der Waals surface area contributed by atoms with Gasteiger partial charge in [0.1, 0.15) is 0 Å². The average molecular weight is 536 g/mol. The molecule has 0 radical (unpaired) electrons. The second-order valence-electron chi connectivity index (χ2n) is 11.0. The van der Waals surface area contributed by atoms with E-state index in [4.69, 9.17) is 9.97 Å². The van der Waals surface area contributed by atoms with Gasteiger partial charge in [-0.1, -0.05) is 103 Å². The first kappa shape index (κ1) is 23.2. The minimum atomic E-state index is 0.734. The lowest BCUT2D eigenvalue weighted by atomic mass is 10.0. The molecule has 0 amide bonds. The fourth-order valence-corrected chi connectivity index (χ4v) is 6.73. The third-order valence-electron chi connectivity index (χ3n) is 8.65. The van der Waals surface area contributed by atoms with Crippen LogP contribution < -0.4 is 0 Å². The van der Waals surface area contributed by atoms with Crippen molar-refractivity contribution >= 4 is 32.7 Å². The normalized spacial score (nSPS) is 12.2. The minimum Gasteiger partial charge on any atom is -0.309 e. The molecule has 0 saturated heterocycles. The van der Waals surface area contributed by atoms with Crippen molar-refractivity contribution in [2.45, 2.75) is 6.42 Å². The van der Waals surface area contributed by atoms with Crippen LogP contribution in [0, 0.1) is 0 Å². The number of rotatable bonds is 3. The van der Waals surface area contributed by atoms with Crippen LogP contribution in [-0.4, -0.2) is 14.5 Å². The third kappa shape index (κ3) is 3.40. The molecule has 2 heterocycles. The zero-order valence-corrected chi connectivity index (χ0v) is 22.8. The van der Waals surface area contributed by atoms with Gasteiger partial charge >= 0.3 is 0 Å². The Morgan fingerprint density at radius 3 is 2.12 bits per heavy atom. The first-order valence-corrected chi connectivity index (χ1v) is 14.4. The molecule has 196 valence electrons. The Kier molecular flexibility index (Phi) is 4.96. The number of nitrogens with zero attached hydrogens (tertiary/aromatic N) is 3. The van der Waals surface area contributed by atoms with E-state index < -0.39 is 0 Å². The third-order valence-corrected chi connectivity index (χ3v) is 8.65. The maximum Gasteiger partial charge on any atom is 0.160 e. The molecule has 0 N–H and O–H groups in total. The molecule has 1 aliphatic carbocycles. The molecule has 3 heteroatoms. The van der Waals surface area contributed by atoms with Crippen molar-refractivity contribution in [3.8, 4) is 39.5 Å². The molecule has 0 aliphatic heterocycles. The second kappa shape index (κ2) is 8.98. The standard InChI is InChI=1S/C39H25N3/c1-2-10-25(11-3-1)37-33-15-6-8-16-35(33)40-39(41-37)26-18-20-28(21-19-26)42-36-17-9-7-14-31(36)32-23-22-30-29-13-5-4-12-27(29)24-34(30)38(32)42/h1-23H,24H2. The number of para-hydroxylation sites is 2. The van der Waals surface area contributed by atoms with Crippen LogP contribution in [0.15, 0.2) is 140 Å². The van der Waals surface area contributed by atoms with Gasteiger partial charge in [0.15, 0.2) is 5.82 Å². The fourth-order valence-electron chi connectivity index (χ4n) is 6.73. The van der Waals surface area contributed by atoms with Crippen LogP contribution in [0.25, 0.3) is 72.2 Å². The summed E-state index contributed by atoms with van der Waals surface area (Å²) in [5.41, 5.74) is 13.1. The van der Waals surface area contributed by atoms with E-state index in [1.165, 1.54) is 44.1 Å². The molecular weight excluding hydrogens is 510 g/mol. The molecule has 0 unspecified atom stereocenters. The Balaban J connectivity index is 1.23. The molecule has 9 rings (SSSR count). The number of hydrogen-bond donors (Lipinski definition) is 0. The summed E-state index contributed by atoms with van der Waals surface area (Å²) in [6, 6.07) is 49.5. The highest BCUT2D eigenvalue weighted by molar-refractivity contribution is 6.12. The van der Waals surface area contributed by atoms with Gasteiger partial charge in [-0.05, 0) is 58.7 Å². The lowest BCUT2D eigenvalue weighted by Gasteiger charge is -2.13. The molecule has 0 bridgehead atoms. The topological polar surface area (TPSA) is 30.7 Å². The maximum atomic E-state index is 5.09. The van der Waals surface area contributed by atoms with Crippen molar-refractivity contribution in [1.82, 2.24) is 14.5 Å². The summed E-state index contributed by atoms with van der Waals surface area (Å²) >= 11 is 0. The largest absolute Gasteiger partial charge is 0.309 e. The highest BCUT2D eigenvalue weighted by atomic mass is 15.0. The SMILES string of the molecule is c1ccc(-c2nc(-c3ccc(-n4c5ccccc5c5ccc6c(c54)Cc4ccccc4-6)cc3)nc3ccccc23)cc1. The van der Waals surface area contributed by atoms with Crippen LogP contribution in [0.4, 0.5) is 0 Å². The van der Waals surface area contributed by atoms with Gasteiger partial charge in [0, 0.05) is 39.4 Å². The van der Waals surface area contributed by atoms with E-state index in [1.807, 2.05) is 18.2 Å². The molecule has 42 heavy (non-hydrogen) atoms. The monoisotopic (exact) mass is 535 g/mol. The molecule has 1 aliphatic rings. The number of hydrogen-bond acceptors (Lipinski definition) is 2. The highest BCUT2D eigenvalue weighted by Gasteiger charge is 2.24. The Morgan fingerprint density at radius 1 is 0.500 bits per heavy atom. The van der Waals surface area contributed by atoms with E-state index in [1.54, 1.807) is 0 Å². The van der Waals surface area contributed by atoms with E-state index in [0.29, 0.717) is 0 Å². The van der Waals surface area contributed by atoms with Crippen molar-refractivity contribution in [2.75, 3.05) is 0 Å². The molecule has 2 aromatic heterocycles. The predicted molar refractivity (Wildman–Crippen MR) is 173 cm³/mol. The van der Waals surface area contributed by atoms with Crippen LogP contribution in [0.5, 0.6) is 0 Å². The first-order chi connectivity index (χ1) is 20.8. The lowest BCUT2D eigenvalue weighted by molar-refractivity contribution is 1.15. The molecule has 3 nitrogen and oxygen atoms in total. The van der Waals surface area contributed by atoms with Crippen molar-refractivity contribution in [3.05, 3.63) is 151 Å².